The van der Waals surface area contributed by atoms with Gasteiger partial charge in [-0.1, -0.05) is 53.6 Å². The summed E-state index contributed by atoms with van der Waals surface area (Å²) in [4.78, 5) is 12.1. The molecule has 3 aromatic carbocycles. The van der Waals surface area contributed by atoms with Gasteiger partial charge in [-0.15, -0.1) is 12.4 Å². The maximum atomic E-state index is 12.1. The fraction of sp³-hybridized carbons (Fsp3) is 0.240. The van der Waals surface area contributed by atoms with Gasteiger partial charge in [0.1, 0.15) is 0 Å². The van der Waals surface area contributed by atoms with Crippen LogP contribution < -0.4 is 20.1 Å². The Morgan fingerprint density at radius 2 is 1.39 bits per heavy atom. The summed E-state index contributed by atoms with van der Waals surface area (Å²) in [5.74, 6) is 0.927. The van der Waals surface area contributed by atoms with Gasteiger partial charge in [-0.2, -0.15) is 0 Å². The van der Waals surface area contributed by atoms with E-state index in [0.29, 0.717) is 18.0 Å². The van der Waals surface area contributed by atoms with Gasteiger partial charge in [0, 0.05) is 18.8 Å². The van der Waals surface area contributed by atoms with Crippen LogP contribution in [0.1, 0.15) is 22.3 Å². The molecule has 0 saturated carbocycles. The molecule has 0 bridgehead atoms. The number of carbonyl (C=O) groups excluding carboxylic acids is 1. The zero-order valence-electron chi connectivity index (χ0n) is 18.1. The van der Waals surface area contributed by atoms with E-state index in [1.165, 1.54) is 11.1 Å². The van der Waals surface area contributed by atoms with Crippen LogP contribution in [0, 0.1) is 13.8 Å². The predicted molar refractivity (Wildman–Crippen MR) is 127 cm³/mol. The molecule has 0 radical (unpaired) electrons. The van der Waals surface area contributed by atoms with E-state index in [4.69, 9.17) is 9.47 Å². The van der Waals surface area contributed by atoms with Crippen molar-refractivity contribution < 1.29 is 14.3 Å². The summed E-state index contributed by atoms with van der Waals surface area (Å²) in [6, 6.07) is 21.8. The summed E-state index contributed by atoms with van der Waals surface area (Å²) in [7, 11) is 1.60. The fourth-order valence-corrected chi connectivity index (χ4v) is 2.98. The van der Waals surface area contributed by atoms with Crippen molar-refractivity contribution >= 4 is 24.0 Å². The van der Waals surface area contributed by atoms with Gasteiger partial charge in [0.2, 0.25) is 0 Å². The van der Waals surface area contributed by atoms with Crippen molar-refractivity contribution in [3.05, 3.63) is 89.0 Å². The average molecular weight is 441 g/mol. The Morgan fingerprint density at radius 3 is 2.03 bits per heavy atom. The number of carbonyl (C=O) groups is 1. The number of benzene rings is 3. The van der Waals surface area contributed by atoms with Gasteiger partial charge in [-0.25, -0.2) is 0 Å². The first kappa shape index (κ1) is 24.3. The molecular weight excluding hydrogens is 412 g/mol. The molecule has 0 aliphatic rings. The molecule has 3 aromatic rings. The topological polar surface area (TPSA) is 59.6 Å². The number of halogens is 1. The number of methoxy groups -OCH3 is 1. The smallest absolute Gasteiger partial charge is 0.262 e. The predicted octanol–water partition coefficient (Wildman–Crippen LogP) is 5.04. The molecule has 0 aromatic heterocycles. The Morgan fingerprint density at radius 1 is 0.806 bits per heavy atom. The van der Waals surface area contributed by atoms with Crippen molar-refractivity contribution in [1.82, 2.24) is 5.32 Å². The first-order valence-electron chi connectivity index (χ1n) is 9.96. The van der Waals surface area contributed by atoms with Gasteiger partial charge in [-0.05, 0) is 49.2 Å². The summed E-state index contributed by atoms with van der Waals surface area (Å²) in [5.41, 5.74) is 5.47. The molecule has 0 saturated heterocycles. The van der Waals surface area contributed by atoms with Gasteiger partial charge in [-0.3, -0.25) is 4.79 Å². The second-order valence-corrected chi connectivity index (χ2v) is 7.28. The molecule has 0 heterocycles. The third-order valence-electron chi connectivity index (χ3n) is 4.70. The molecule has 5 nitrogen and oxygen atoms in total. The third-order valence-corrected chi connectivity index (χ3v) is 4.70. The lowest BCUT2D eigenvalue weighted by Crippen LogP contribution is -2.20. The minimum Gasteiger partial charge on any atom is -0.493 e. The van der Waals surface area contributed by atoms with Gasteiger partial charge in [0.15, 0.2) is 18.1 Å². The Kier molecular flexibility index (Phi) is 9.38. The molecule has 0 fully saturated rings. The molecule has 31 heavy (non-hydrogen) atoms. The van der Waals surface area contributed by atoms with Crippen molar-refractivity contribution in [3.63, 3.8) is 0 Å². The second-order valence-electron chi connectivity index (χ2n) is 7.28. The lowest BCUT2D eigenvalue weighted by atomic mass is 10.1. The molecule has 6 heteroatoms. The van der Waals surface area contributed by atoms with Crippen molar-refractivity contribution in [3.8, 4) is 11.5 Å². The molecule has 3 rings (SSSR count). The number of hydrogen-bond acceptors (Lipinski definition) is 4. The number of hydrogen-bond donors (Lipinski definition) is 2. The number of rotatable bonds is 9. The first-order chi connectivity index (χ1) is 14.5. The van der Waals surface area contributed by atoms with Crippen LogP contribution in [0.25, 0.3) is 0 Å². The van der Waals surface area contributed by atoms with Crippen LogP contribution in [0.4, 0.5) is 5.69 Å². The lowest BCUT2D eigenvalue weighted by molar-refractivity contribution is -0.118. The summed E-state index contributed by atoms with van der Waals surface area (Å²) < 4.78 is 11.1. The van der Waals surface area contributed by atoms with Crippen LogP contribution in [-0.2, 0) is 17.9 Å². The van der Waals surface area contributed by atoms with Crippen molar-refractivity contribution in [1.29, 1.82) is 0 Å². The van der Waals surface area contributed by atoms with Gasteiger partial charge in [0.05, 0.1) is 7.11 Å². The van der Waals surface area contributed by atoms with E-state index in [2.05, 4.69) is 41.8 Å². The van der Waals surface area contributed by atoms with Crippen LogP contribution in [0.5, 0.6) is 11.5 Å². The maximum Gasteiger partial charge on any atom is 0.262 e. The zero-order chi connectivity index (χ0) is 21.3. The van der Waals surface area contributed by atoms with E-state index in [-0.39, 0.29) is 24.9 Å². The lowest BCUT2D eigenvalue weighted by Gasteiger charge is -2.13. The standard InChI is InChI=1S/C25H28N2O3.ClH/c1-18-4-8-20(9-5-18)15-26-16-21-10-13-23(24(14-21)29-3)30-17-25(28)27-22-11-6-19(2)7-12-22;/h4-14,26H,15-17H2,1-3H3,(H,27,28);1H. The van der Waals surface area contributed by atoms with E-state index >= 15 is 0 Å². The minimum absolute atomic E-state index is 0. The van der Waals surface area contributed by atoms with Crippen molar-refractivity contribution in [2.75, 3.05) is 19.0 Å². The molecule has 1 amide bonds. The van der Waals surface area contributed by atoms with Crippen LogP contribution >= 0.6 is 12.4 Å². The SMILES string of the molecule is COc1cc(CNCc2ccc(C)cc2)ccc1OCC(=O)Nc1ccc(C)cc1.Cl. The normalized spacial score (nSPS) is 10.2. The molecule has 0 spiro atoms. The zero-order valence-corrected chi connectivity index (χ0v) is 18.9. The van der Waals surface area contributed by atoms with Crippen molar-refractivity contribution in [2.24, 2.45) is 0 Å². The average Bonchev–Trinajstić information content (AvgIpc) is 2.75. The highest BCUT2D eigenvalue weighted by Crippen LogP contribution is 2.28. The largest absolute Gasteiger partial charge is 0.493 e. The number of ether oxygens (including phenoxy) is 2. The summed E-state index contributed by atoms with van der Waals surface area (Å²) >= 11 is 0. The van der Waals surface area contributed by atoms with E-state index in [1.807, 2.05) is 49.4 Å². The maximum absolute atomic E-state index is 12.1. The minimum atomic E-state index is -0.218. The Labute approximate surface area is 190 Å². The molecule has 0 unspecified atom stereocenters. The Bertz CT molecular complexity index is 973. The monoisotopic (exact) mass is 440 g/mol. The molecule has 2 N–H and O–H groups in total. The Hall–Kier alpha value is -3.02. The highest BCUT2D eigenvalue weighted by Gasteiger charge is 2.09. The van der Waals surface area contributed by atoms with E-state index in [9.17, 15) is 4.79 Å². The van der Waals surface area contributed by atoms with Crippen LogP contribution in [0.3, 0.4) is 0 Å². The molecule has 164 valence electrons. The third kappa shape index (κ3) is 7.63. The van der Waals surface area contributed by atoms with Crippen LogP contribution in [-0.4, -0.2) is 19.6 Å². The van der Waals surface area contributed by atoms with E-state index in [0.717, 1.165) is 23.4 Å². The molecule has 0 atom stereocenters. The first-order valence-corrected chi connectivity index (χ1v) is 9.96. The second kappa shape index (κ2) is 12.0. The van der Waals surface area contributed by atoms with E-state index in [1.54, 1.807) is 7.11 Å². The summed E-state index contributed by atoms with van der Waals surface area (Å²) in [5, 5.41) is 6.25. The van der Waals surface area contributed by atoms with Gasteiger partial charge >= 0.3 is 0 Å². The molecule has 0 aliphatic carbocycles. The number of amides is 1. The number of nitrogens with one attached hydrogen (secondary N) is 2. The summed E-state index contributed by atoms with van der Waals surface area (Å²) in [6.07, 6.45) is 0. The van der Waals surface area contributed by atoms with E-state index < -0.39 is 0 Å². The van der Waals surface area contributed by atoms with Gasteiger partial charge < -0.3 is 20.1 Å². The number of aryl methyl sites for hydroxylation is 2. The molecule has 0 aliphatic heterocycles. The van der Waals surface area contributed by atoms with Crippen LogP contribution in [0.15, 0.2) is 66.7 Å². The van der Waals surface area contributed by atoms with Gasteiger partial charge in [0.25, 0.3) is 5.91 Å². The molecular formula is C25H29ClN2O3. The highest BCUT2D eigenvalue weighted by molar-refractivity contribution is 5.91. The fourth-order valence-electron chi connectivity index (χ4n) is 2.98. The Balaban J connectivity index is 0.00000341. The number of anilines is 1. The van der Waals surface area contributed by atoms with Crippen molar-refractivity contribution in [2.45, 2.75) is 26.9 Å². The highest BCUT2D eigenvalue weighted by atomic mass is 35.5. The quantitative estimate of drug-likeness (QED) is 0.489. The summed E-state index contributed by atoms with van der Waals surface area (Å²) in [6.45, 7) is 5.50. The van der Waals surface area contributed by atoms with Crippen LogP contribution in [0.2, 0.25) is 0 Å².